The van der Waals surface area contributed by atoms with Crippen LogP contribution in [-0.2, 0) is 15.8 Å². The van der Waals surface area contributed by atoms with Gasteiger partial charge in [-0.15, -0.1) is 12.4 Å². The normalized spacial score (nSPS) is 21.2. The minimum absolute atomic E-state index is 0. The highest BCUT2D eigenvalue weighted by molar-refractivity contribution is 7.88. The molecule has 1 aromatic rings. The molecule has 2 atom stereocenters. The molecule has 1 fully saturated rings. The van der Waals surface area contributed by atoms with Gasteiger partial charge in [0, 0.05) is 11.6 Å². The summed E-state index contributed by atoms with van der Waals surface area (Å²) in [6, 6.07) is 6.57. The molecule has 124 valence electrons. The lowest BCUT2D eigenvalue weighted by Crippen LogP contribution is -2.39. The maximum Gasteiger partial charge on any atom is 0.251 e. The van der Waals surface area contributed by atoms with Crippen LogP contribution in [-0.4, -0.2) is 26.9 Å². The minimum Gasteiger partial charge on any atom is -0.349 e. The first-order chi connectivity index (χ1) is 9.89. The Bertz CT molecular complexity index is 604. The quantitative estimate of drug-likeness (QED) is 0.729. The first-order valence-electron chi connectivity index (χ1n) is 6.99. The molecule has 0 aromatic heterocycles. The van der Waals surface area contributed by atoms with Crippen molar-refractivity contribution in [2.75, 3.05) is 6.54 Å². The Labute approximate surface area is 137 Å². The first kappa shape index (κ1) is 18.9. The Morgan fingerprint density at radius 2 is 1.86 bits per heavy atom. The zero-order valence-corrected chi connectivity index (χ0v) is 13.8. The van der Waals surface area contributed by atoms with E-state index in [0.717, 1.165) is 19.3 Å². The largest absolute Gasteiger partial charge is 0.349 e. The van der Waals surface area contributed by atoms with E-state index in [9.17, 15) is 13.2 Å². The van der Waals surface area contributed by atoms with Gasteiger partial charge >= 0.3 is 0 Å². The number of benzene rings is 1. The molecule has 22 heavy (non-hydrogen) atoms. The van der Waals surface area contributed by atoms with Crippen molar-refractivity contribution in [3.8, 4) is 0 Å². The number of carbonyl (C=O) groups excluding carboxylic acids is 1. The van der Waals surface area contributed by atoms with Crippen LogP contribution < -0.4 is 16.2 Å². The van der Waals surface area contributed by atoms with E-state index in [-0.39, 0.29) is 30.1 Å². The smallest absolute Gasteiger partial charge is 0.251 e. The van der Waals surface area contributed by atoms with Crippen molar-refractivity contribution < 1.29 is 13.2 Å². The van der Waals surface area contributed by atoms with Crippen LogP contribution in [0.15, 0.2) is 24.3 Å². The van der Waals surface area contributed by atoms with E-state index in [2.05, 4.69) is 5.32 Å². The summed E-state index contributed by atoms with van der Waals surface area (Å²) in [6.07, 6.45) is 3.09. The van der Waals surface area contributed by atoms with Crippen molar-refractivity contribution in [1.82, 2.24) is 5.32 Å². The van der Waals surface area contributed by atoms with Crippen molar-refractivity contribution in [2.24, 2.45) is 16.8 Å². The number of sulfonamides is 1. The third-order valence-electron chi connectivity index (χ3n) is 3.86. The minimum atomic E-state index is -3.55. The molecule has 8 heteroatoms. The molecule has 5 N–H and O–H groups in total. The Morgan fingerprint density at radius 1 is 1.23 bits per heavy atom. The third kappa shape index (κ3) is 5.24. The molecule has 2 unspecified atom stereocenters. The molecule has 0 aliphatic heterocycles. The lowest BCUT2D eigenvalue weighted by atomic mass is 10.0. The van der Waals surface area contributed by atoms with E-state index < -0.39 is 10.0 Å². The number of hydrogen-bond donors (Lipinski definition) is 3. The zero-order valence-electron chi connectivity index (χ0n) is 12.2. The van der Waals surface area contributed by atoms with Crippen LogP contribution in [0.2, 0.25) is 0 Å². The van der Waals surface area contributed by atoms with Gasteiger partial charge in [0.15, 0.2) is 0 Å². The highest BCUT2D eigenvalue weighted by Gasteiger charge is 2.27. The van der Waals surface area contributed by atoms with Gasteiger partial charge in [0.1, 0.15) is 0 Å². The van der Waals surface area contributed by atoms with E-state index in [1.165, 1.54) is 0 Å². The Balaban J connectivity index is 0.00000242. The summed E-state index contributed by atoms with van der Waals surface area (Å²) >= 11 is 0. The van der Waals surface area contributed by atoms with Crippen LogP contribution in [0.4, 0.5) is 0 Å². The second kappa shape index (κ2) is 7.92. The zero-order chi connectivity index (χ0) is 15.5. The molecule has 6 nitrogen and oxygen atoms in total. The molecule has 2 rings (SSSR count). The molecule has 1 aliphatic rings. The number of halogens is 1. The Hall–Kier alpha value is -1.15. The lowest BCUT2D eigenvalue weighted by molar-refractivity contribution is 0.0929. The number of nitrogens with two attached hydrogens (primary N) is 2. The van der Waals surface area contributed by atoms with Crippen LogP contribution in [0.1, 0.15) is 35.2 Å². The average Bonchev–Trinajstić information content (AvgIpc) is 2.85. The van der Waals surface area contributed by atoms with Crippen molar-refractivity contribution >= 4 is 28.3 Å². The maximum atomic E-state index is 12.2. The van der Waals surface area contributed by atoms with E-state index in [4.69, 9.17) is 10.9 Å². The number of hydrogen-bond acceptors (Lipinski definition) is 4. The van der Waals surface area contributed by atoms with Crippen LogP contribution in [0.5, 0.6) is 0 Å². The number of nitrogens with one attached hydrogen (secondary N) is 1. The van der Waals surface area contributed by atoms with Crippen molar-refractivity contribution in [1.29, 1.82) is 0 Å². The van der Waals surface area contributed by atoms with Gasteiger partial charge in [0.25, 0.3) is 5.91 Å². The van der Waals surface area contributed by atoms with Gasteiger partial charge in [-0.2, -0.15) is 0 Å². The van der Waals surface area contributed by atoms with E-state index in [1.54, 1.807) is 24.3 Å². The molecular weight excluding hydrogens is 326 g/mol. The second-order valence-corrected chi connectivity index (χ2v) is 7.13. The summed E-state index contributed by atoms with van der Waals surface area (Å²) in [5.74, 6) is -0.0367. The topological polar surface area (TPSA) is 115 Å². The van der Waals surface area contributed by atoms with E-state index in [1.807, 2.05) is 0 Å². The van der Waals surface area contributed by atoms with Crippen molar-refractivity contribution in [3.63, 3.8) is 0 Å². The maximum absolute atomic E-state index is 12.2. The second-order valence-electron chi connectivity index (χ2n) is 5.51. The monoisotopic (exact) mass is 347 g/mol. The number of rotatable bonds is 5. The fourth-order valence-corrected chi connectivity index (χ4v) is 3.40. The summed E-state index contributed by atoms with van der Waals surface area (Å²) in [7, 11) is -3.55. The highest BCUT2D eigenvalue weighted by Crippen LogP contribution is 2.24. The SMILES string of the molecule is Cl.NCC1CCCC1NC(=O)c1ccc(CS(N)(=O)=O)cc1. The van der Waals surface area contributed by atoms with Crippen LogP contribution in [0.25, 0.3) is 0 Å². The van der Waals surface area contributed by atoms with Crippen molar-refractivity contribution in [2.45, 2.75) is 31.1 Å². The van der Waals surface area contributed by atoms with Crippen LogP contribution in [0.3, 0.4) is 0 Å². The van der Waals surface area contributed by atoms with Crippen LogP contribution >= 0.6 is 12.4 Å². The van der Waals surface area contributed by atoms with E-state index in [0.29, 0.717) is 23.6 Å². The molecule has 1 amide bonds. The van der Waals surface area contributed by atoms with Gasteiger partial charge < -0.3 is 11.1 Å². The lowest BCUT2D eigenvalue weighted by Gasteiger charge is -2.19. The Kier molecular flexibility index (Phi) is 6.80. The van der Waals surface area contributed by atoms with Gasteiger partial charge in [-0.3, -0.25) is 4.79 Å². The molecule has 1 aliphatic carbocycles. The standard InChI is InChI=1S/C14H21N3O3S.ClH/c15-8-12-2-1-3-13(12)17-14(18)11-6-4-10(5-7-11)9-21(16,19)20;/h4-7,12-13H,1-3,8-9,15H2,(H,17,18)(H2,16,19,20);1H. The average molecular weight is 348 g/mol. The summed E-state index contributed by atoms with van der Waals surface area (Å²) in [5.41, 5.74) is 6.77. The number of primary sulfonamides is 1. The fourth-order valence-electron chi connectivity index (χ4n) is 2.75. The molecule has 0 bridgehead atoms. The van der Waals surface area contributed by atoms with Gasteiger partial charge in [0.05, 0.1) is 5.75 Å². The molecule has 0 spiro atoms. The number of carbonyl (C=O) groups is 1. The predicted molar refractivity (Wildman–Crippen MR) is 88.2 cm³/mol. The number of amides is 1. The fraction of sp³-hybridized carbons (Fsp3) is 0.500. The summed E-state index contributed by atoms with van der Waals surface area (Å²) in [4.78, 5) is 12.2. The first-order valence-corrected chi connectivity index (χ1v) is 8.71. The molecule has 0 saturated heterocycles. The Morgan fingerprint density at radius 3 is 2.41 bits per heavy atom. The van der Waals surface area contributed by atoms with Gasteiger partial charge in [-0.25, -0.2) is 13.6 Å². The van der Waals surface area contributed by atoms with E-state index >= 15 is 0 Å². The van der Waals surface area contributed by atoms with Gasteiger partial charge in [-0.05, 0) is 43.0 Å². The summed E-state index contributed by atoms with van der Waals surface area (Å²) < 4.78 is 22.0. The summed E-state index contributed by atoms with van der Waals surface area (Å²) in [6.45, 7) is 0.582. The van der Waals surface area contributed by atoms with Gasteiger partial charge in [0.2, 0.25) is 10.0 Å². The highest BCUT2D eigenvalue weighted by atomic mass is 35.5. The predicted octanol–water partition coefficient (Wildman–Crippen LogP) is 0.754. The molecule has 0 radical (unpaired) electrons. The molecule has 1 aromatic carbocycles. The third-order valence-corrected chi connectivity index (χ3v) is 4.60. The van der Waals surface area contributed by atoms with Crippen molar-refractivity contribution in [3.05, 3.63) is 35.4 Å². The van der Waals surface area contributed by atoms with Gasteiger partial charge in [-0.1, -0.05) is 18.6 Å². The molecular formula is C14H22ClN3O3S. The molecule has 1 saturated carbocycles. The van der Waals surface area contributed by atoms with Crippen LogP contribution in [0, 0.1) is 5.92 Å². The molecule has 0 heterocycles. The summed E-state index contributed by atoms with van der Waals surface area (Å²) in [5, 5.41) is 7.99.